The average molecular weight is 624 g/mol. The lowest BCUT2D eigenvalue weighted by molar-refractivity contribution is -0.148. The van der Waals surface area contributed by atoms with E-state index in [1.54, 1.807) is 11.8 Å². The fraction of sp³-hybridized carbons (Fsp3) is 0.921. The normalized spacial score (nSPS) is 15.2. The summed E-state index contributed by atoms with van der Waals surface area (Å²) in [5.74, 6) is -1.63. The first-order valence-electron chi connectivity index (χ1n) is 19.1. The topological polar surface area (TPSA) is 94.9 Å². The van der Waals surface area contributed by atoms with Gasteiger partial charge in [0.15, 0.2) is 0 Å². The number of rotatable bonds is 29. The number of nitrogens with zero attached hydrogens (tertiary/aromatic N) is 1. The van der Waals surface area contributed by atoms with E-state index in [1.807, 2.05) is 0 Å². The maximum absolute atomic E-state index is 12.1. The summed E-state index contributed by atoms with van der Waals surface area (Å²) >= 11 is 0. The van der Waals surface area contributed by atoms with E-state index in [-0.39, 0.29) is 11.8 Å². The number of carbonyl (C=O) groups is 3. The second-order valence-corrected chi connectivity index (χ2v) is 13.5. The molecule has 1 saturated heterocycles. The summed E-state index contributed by atoms with van der Waals surface area (Å²) < 4.78 is 0. The van der Waals surface area contributed by atoms with Crippen LogP contribution in [-0.2, 0) is 14.4 Å². The smallest absolute Gasteiger partial charge is 0.326 e. The van der Waals surface area contributed by atoms with Crippen molar-refractivity contribution < 1.29 is 24.6 Å². The van der Waals surface area contributed by atoms with Gasteiger partial charge < -0.3 is 15.1 Å². The van der Waals surface area contributed by atoms with E-state index in [2.05, 4.69) is 13.8 Å². The molecule has 1 aliphatic rings. The van der Waals surface area contributed by atoms with E-state index in [0.717, 1.165) is 32.1 Å². The van der Waals surface area contributed by atoms with Crippen LogP contribution in [0.25, 0.3) is 0 Å². The molecular weight excluding hydrogens is 550 g/mol. The summed E-state index contributed by atoms with van der Waals surface area (Å²) in [5, 5.41) is 17.9. The van der Waals surface area contributed by atoms with Crippen molar-refractivity contribution >= 4 is 17.8 Å². The molecule has 1 heterocycles. The van der Waals surface area contributed by atoms with Crippen LogP contribution in [-0.4, -0.2) is 45.5 Å². The number of unbranched alkanes of at least 4 members (excludes halogenated alkanes) is 23. The molecule has 2 N–H and O–H groups in total. The average Bonchev–Trinajstić information content (AvgIpc) is 3.51. The van der Waals surface area contributed by atoms with Crippen LogP contribution in [0.4, 0.5) is 0 Å². The Kier molecular flexibility index (Phi) is 30.3. The fourth-order valence-corrected chi connectivity index (χ4v) is 6.17. The Bertz CT molecular complexity index is 682. The zero-order valence-corrected chi connectivity index (χ0v) is 29.4. The van der Waals surface area contributed by atoms with Gasteiger partial charge in [0, 0.05) is 13.0 Å². The Balaban J connectivity index is 0.000000875. The van der Waals surface area contributed by atoms with Crippen molar-refractivity contribution in [2.45, 2.75) is 213 Å². The molecule has 1 aliphatic heterocycles. The Labute approximate surface area is 272 Å². The SMILES string of the molecule is CCCCCCCCCCCCCCCC(=O)N1CCCC1C(=O)O.CCCCCCCCCCCCCC[C@H](C)C(=O)O. The highest BCUT2D eigenvalue weighted by atomic mass is 16.4. The molecule has 1 rings (SSSR count). The van der Waals surface area contributed by atoms with Crippen LogP contribution in [0.1, 0.15) is 207 Å². The maximum Gasteiger partial charge on any atom is 0.326 e. The molecule has 0 spiro atoms. The maximum atomic E-state index is 12.1. The second kappa shape index (κ2) is 31.4. The van der Waals surface area contributed by atoms with Crippen molar-refractivity contribution in [1.82, 2.24) is 4.90 Å². The van der Waals surface area contributed by atoms with Gasteiger partial charge in [-0.1, -0.05) is 175 Å². The van der Waals surface area contributed by atoms with Crippen LogP contribution < -0.4 is 0 Å². The van der Waals surface area contributed by atoms with Crippen LogP contribution in [0.2, 0.25) is 0 Å². The molecule has 1 fully saturated rings. The lowest BCUT2D eigenvalue weighted by atomic mass is 10.0. The second-order valence-electron chi connectivity index (χ2n) is 13.5. The summed E-state index contributed by atoms with van der Waals surface area (Å²) in [6, 6.07) is -0.575. The number of hydrogen-bond acceptors (Lipinski definition) is 3. The fourth-order valence-electron chi connectivity index (χ4n) is 6.17. The van der Waals surface area contributed by atoms with Crippen LogP contribution >= 0.6 is 0 Å². The molecule has 0 aromatic carbocycles. The molecule has 1 amide bonds. The molecule has 0 bridgehead atoms. The number of aliphatic carboxylic acids is 2. The van der Waals surface area contributed by atoms with Gasteiger partial charge >= 0.3 is 11.9 Å². The van der Waals surface area contributed by atoms with Crippen LogP contribution in [0.5, 0.6) is 0 Å². The van der Waals surface area contributed by atoms with Crippen molar-refractivity contribution in [3.05, 3.63) is 0 Å². The standard InChI is InChI=1S/C21H39NO3.C17H34O2/c1-2-3-4-5-6-7-8-9-10-11-12-13-14-17-20(23)22-18-15-16-19(22)21(24)25;1-3-4-5-6-7-8-9-10-11-12-13-14-15-16(2)17(18)19/h19H,2-18H2,1H3,(H,24,25);16H,3-15H2,1-2H3,(H,18,19)/t;16-/m.0/s1. The van der Waals surface area contributed by atoms with Gasteiger partial charge in [-0.3, -0.25) is 9.59 Å². The molecule has 44 heavy (non-hydrogen) atoms. The minimum absolute atomic E-state index is 0.0352. The number of amides is 1. The summed E-state index contributed by atoms with van der Waals surface area (Å²) in [6.45, 7) is 6.95. The minimum atomic E-state index is -0.851. The Morgan fingerprint density at radius 3 is 1.32 bits per heavy atom. The van der Waals surface area contributed by atoms with Crippen LogP contribution in [0, 0.1) is 5.92 Å². The molecule has 0 aromatic rings. The van der Waals surface area contributed by atoms with E-state index in [4.69, 9.17) is 10.2 Å². The molecule has 6 heteroatoms. The number of carboxylic acids is 2. The highest BCUT2D eigenvalue weighted by molar-refractivity contribution is 5.84. The molecule has 0 aliphatic carbocycles. The molecule has 0 radical (unpaired) electrons. The molecular formula is C38H73NO5. The van der Waals surface area contributed by atoms with Crippen molar-refractivity contribution in [1.29, 1.82) is 0 Å². The third kappa shape index (κ3) is 25.7. The Morgan fingerprint density at radius 2 is 0.955 bits per heavy atom. The molecule has 6 nitrogen and oxygen atoms in total. The largest absolute Gasteiger partial charge is 0.481 e. The van der Waals surface area contributed by atoms with Gasteiger partial charge in [-0.05, 0) is 25.7 Å². The first-order valence-corrected chi connectivity index (χ1v) is 19.1. The highest BCUT2D eigenvalue weighted by Gasteiger charge is 2.33. The van der Waals surface area contributed by atoms with Gasteiger partial charge in [0.1, 0.15) is 6.04 Å². The molecule has 260 valence electrons. The molecule has 1 unspecified atom stereocenters. The van der Waals surface area contributed by atoms with Crippen LogP contribution in [0.15, 0.2) is 0 Å². The summed E-state index contributed by atoms with van der Waals surface area (Å²) in [5.41, 5.74) is 0. The first-order chi connectivity index (χ1) is 21.3. The molecule has 0 saturated carbocycles. The van der Waals surface area contributed by atoms with Gasteiger partial charge in [0.2, 0.25) is 5.91 Å². The van der Waals surface area contributed by atoms with E-state index in [0.29, 0.717) is 19.4 Å². The lowest BCUT2D eigenvalue weighted by Crippen LogP contribution is -2.40. The molecule has 0 aromatic heterocycles. The first kappa shape index (κ1) is 42.4. The number of likely N-dealkylation sites (tertiary alicyclic amines) is 1. The number of carbonyl (C=O) groups excluding carboxylic acids is 1. The minimum Gasteiger partial charge on any atom is -0.481 e. The van der Waals surface area contributed by atoms with E-state index >= 15 is 0 Å². The predicted octanol–water partition coefficient (Wildman–Crippen LogP) is 11.3. The van der Waals surface area contributed by atoms with Crippen LogP contribution in [0.3, 0.4) is 0 Å². The number of hydrogen-bond donors (Lipinski definition) is 2. The third-order valence-corrected chi connectivity index (χ3v) is 9.26. The Morgan fingerprint density at radius 1 is 0.591 bits per heavy atom. The van der Waals surface area contributed by atoms with Gasteiger partial charge in [0.25, 0.3) is 0 Å². The highest BCUT2D eigenvalue weighted by Crippen LogP contribution is 2.20. The quantitative estimate of drug-likeness (QED) is 0.0808. The van der Waals surface area contributed by atoms with Crippen molar-refractivity contribution in [2.75, 3.05) is 6.54 Å². The van der Waals surface area contributed by atoms with E-state index in [1.165, 1.54) is 141 Å². The lowest BCUT2D eigenvalue weighted by Gasteiger charge is -2.21. The zero-order valence-electron chi connectivity index (χ0n) is 29.4. The third-order valence-electron chi connectivity index (χ3n) is 9.26. The van der Waals surface area contributed by atoms with Gasteiger partial charge in [-0.2, -0.15) is 0 Å². The summed E-state index contributed by atoms with van der Waals surface area (Å²) in [4.78, 5) is 35.4. The summed E-state index contributed by atoms with van der Waals surface area (Å²) in [6.07, 6.45) is 35.6. The van der Waals surface area contributed by atoms with E-state index < -0.39 is 18.0 Å². The van der Waals surface area contributed by atoms with Gasteiger partial charge in [-0.25, -0.2) is 4.79 Å². The van der Waals surface area contributed by atoms with Crippen molar-refractivity contribution in [3.8, 4) is 0 Å². The van der Waals surface area contributed by atoms with Crippen molar-refractivity contribution in [3.63, 3.8) is 0 Å². The predicted molar refractivity (Wildman–Crippen MR) is 185 cm³/mol. The zero-order chi connectivity index (χ0) is 32.7. The van der Waals surface area contributed by atoms with Crippen molar-refractivity contribution in [2.24, 2.45) is 5.92 Å². The van der Waals surface area contributed by atoms with E-state index in [9.17, 15) is 14.4 Å². The van der Waals surface area contributed by atoms with Gasteiger partial charge in [0.05, 0.1) is 5.92 Å². The molecule has 2 atom stereocenters. The monoisotopic (exact) mass is 624 g/mol. The Hall–Kier alpha value is -1.59. The number of carboxylic acid groups (broad SMARTS) is 2. The van der Waals surface area contributed by atoms with Gasteiger partial charge in [-0.15, -0.1) is 0 Å². The summed E-state index contributed by atoms with van der Waals surface area (Å²) in [7, 11) is 0.